The molecule has 10 heteroatoms. The number of rotatable bonds is 6. The minimum absolute atomic E-state index is 0. The van der Waals surface area contributed by atoms with Crippen LogP contribution in [-0.4, -0.2) is 54.8 Å². The van der Waals surface area contributed by atoms with Crippen molar-refractivity contribution < 1.29 is 32.6 Å². The van der Waals surface area contributed by atoms with Gasteiger partial charge in [0, 0.05) is 18.7 Å². The summed E-state index contributed by atoms with van der Waals surface area (Å²) in [5.74, 6) is -4.92. The first-order valence-electron chi connectivity index (χ1n) is 8.07. The van der Waals surface area contributed by atoms with Crippen molar-refractivity contribution in [1.29, 1.82) is 0 Å². The van der Waals surface area contributed by atoms with E-state index in [4.69, 9.17) is 9.84 Å². The number of ether oxygens (including phenoxy) is 1. The predicted octanol–water partition coefficient (Wildman–Crippen LogP) is 2.49. The molecule has 1 heterocycles. The summed E-state index contributed by atoms with van der Waals surface area (Å²) in [6, 6.07) is 6.68. The van der Waals surface area contributed by atoms with Crippen molar-refractivity contribution in [3.63, 3.8) is 0 Å². The number of para-hydroxylation sites is 1. The van der Waals surface area contributed by atoms with E-state index in [0.717, 1.165) is 5.56 Å². The van der Waals surface area contributed by atoms with Crippen LogP contribution in [0.4, 0.5) is 13.2 Å². The molecular weight excluding hydrogens is 389 g/mol. The molecule has 1 amide bonds. The minimum Gasteiger partial charge on any atom is -0.496 e. The van der Waals surface area contributed by atoms with Gasteiger partial charge in [0.1, 0.15) is 5.75 Å². The molecule has 2 rings (SSSR count). The molecule has 0 spiro atoms. The lowest BCUT2D eigenvalue weighted by Crippen LogP contribution is -2.38. The monoisotopic (exact) mass is 410 g/mol. The van der Waals surface area contributed by atoms with Gasteiger partial charge in [-0.25, -0.2) is 0 Å². The molecule has 1 aromatic carbocycles. The van der Waals surface area contributed by atoms with Gasteiger partial charge >= 0.3 is 12.1 Å². The molecule has 2 N–H and O–H groups in total. The van der Waals surface area contributed by atoms with Gasteiger partial charge in [-0.3, -0.25) is 14.5 Å². The van der Waals surface area contributed by atoms with Crippen molar-refractivity contribution in [2.24, 2.45) is 11.8 Å². The molecule has 1 fully saturated rings. The third kappa shape index (κ3) is 5.74. The fraction of sp³-hybridized carbons (Fsp3) is 0.529. The lowest BCUT2D eigenvalue weighted by Gasteiger charge is -2.20. The normalized spacial score (nSPS) is 21.2. The van der Waals surface area contributed by atoms with E-state index < -0.39 is 42.5 Å². The number of amides is 1. The average molecular weight is 411 g/mol. The number of methoxy groups -OCH3 is 1. The van der Waals surface area contributed by atoms with Gasteiger partial charge in [-0.15, -0.1) is 12.4 Å². The molecule has 1 unspecified atom stereocenters. The lowest BCUT2D eigenvalue weighted by atomic mass is 9.96. The topological polar surface area (TPSA) is 78.9 Å². The SMILES string of the molecule is COc1ccccc1C(C)NC(=O)CN1C[C@@H](C(F)(F)F)[C@H](C(=O)O)C1.Cl. The minimum atomic E-state index is -4.61. The van der Waals surface area contributed by atoms with Gasteiger partial charge in [0.15, 0.2) is 0 Å². The number of nitrogens with one attached hydrogen (secondary N) is 1. The van der Waals surface area contributed by atoms with E-state index in [1.807, 2.05) is 0 Å². The summed E-state index contributed by atoms with van der Waals surface area (Å²) >= 11 is 0. The zero-order valence-electron chi connectivity index (χ0n) is 14.8. The van der Waals surface area contributed by atoms with E-state index in [1.54, 1.807) is 31.2 Å². The van der Waals surface area contributed by atoms with Crippen LogP contribution < -0.4 is 10.1 Å². The Balaban J connectivity index is 0.00000364. The number of halogens is 4. The largest absolute Gasteiger partial charge is 0.496 e. The maximum Gasteiger partial charge on any atom is 0.393 e. The average Bonchev–Trinajstić information content (AvgIpc) is 2.99. The Morgan fingerprint density at radius 2 is 1.96 bits per heavy atom. The standard InChI is InChI=1S/C17H21F3N2O4.ClH/c1-10(11-5-3-4-6-14(11)26-2)21-15(23)9-22-7-12(16(24)25)13(8-22)17(18,19)20;/h3-6,10,12-13H,7-9H2,1-2H3,(H,21,23)(H,24,25);1H/t10?,12-,13-;/m1./s1. The maximum atomic E-state index is 13.0. The number of hydrogen-bond acceptors (Lipinski definition) is 4. The third-order valence-corrected chi connectivity index (χ3v) is 4.48. The smallest absolute Gasteiger partial charge is 0.393 e. The van der Waals surface area contributed by atoms with Crippen LogP contribution in [0.5, 0.6) is 5.75 Å². The van der Waals surface area contributed by atoms with Gasteiger partial charge in [-0.05, 0) is 13.0 Å². The summed E-state index contributed by atoms with van der Waals surface area (Å²) in [5, 5.41) is 11.7. The molecule has 1 aromatic rings. The van der Waals surface area contributed by atoms with Gasteiger partial charge < -0.3 is 15.2 Å². The highest BCUT2D eigenvalue weighted by atomic mass is 35.5. The highest BCUT2D eigenvalue weighted by molar-refractivity contribution is 5.85. The number of carbonyl (C=O) groups excluding carboxylic acids is 1. The van der Waals surface area contributed by atoms with Crippen LogP contribution in [0.25, 0.3) is 0 Å². The Labute approximate surface area is 161 Å². The molecule has 6 nitrogen and oxygen atoms in total. The fourth-order valence-electron chi connectivity index (χ4n) is 3.19. The zero-order valence-corrected chi connectivity index (χ0v) is 15.6. The highest BCUT2D eigenvalue weighted by Crippen LogP contribution is 2.37. The van der Waals surface area contributed by atoms with Gasteiger partial charge in [0.25, 0.3) is 0 Å². The summed E-state index contributed by atoms with van der Waals surface area (Å²) in [6.45, 7) is 0.626. The molecule has 3 atom stereocenters. The van der Waals surface area contributed by atoms with Crippen molar-refractivity contribution in [1.82, 2.24) is 10.2 Å². The maximum absolute atomic E-state index is 13.0. The number of benzene rings is 1. The first-order valence-corrected chi connectivity index (χ1v) is 8.07. The summed E-state index contributed by atoms with van der Waals surface area (Å²) in [4.78, 5) is 24.5. The second-order valence-corrected chi connectivity index (χ2v) is 6.32. The molecule has 0 radical (unpaired) electrons. The first-order chi connectivity index (χ1) is 12.1. The van der Waals surface area contributed by atoms with E-state index >= 15 is 0 Å². The molecule has 0 saturated carbocycles. The predicted molar refractivity (Wildman–Crippen MR) is 93.9 cm³/mol. The van der Waals surface area contributed by atoms with Gasteiger partial charge in [0.05, 0.1) is 31.5 Å². The van der Waals surface area contributed by atoms with Crippen molar-refractivity contribution in [2.45, 2.75) is 19.1 Å². The number of nitrogens with zero attached hydrogens (tertiary/aromatic N) is 1. The van der Waals surface area contributed by atoms with Crippen molar-refractivity contribution in [3.8, 4) is 5.75 Å². The summed E-state index contributed by atoms with van der Waals surface area (Å²) < 4.78 is 44.2. The van der Waals surface area contributed by atoms with E-state index in [1.165, 1.54) is 12.0 Å². The van der Waals surface area contributed by atoms with Gasteiger partial charge in [-0.1, -0.05) is 18.2 Å². The Bertz CT molecular complexity index is 672. The number of hydrogen-bond donors (Lipinski definition) is 2. The molecule has 0 aromatic heterocycles. The van der Waals surface area contributed by atoms with Gasteiger partial charge in [0.2, 0.25) is 5.91 Å². The fourth-order valence-corrected chi connectivity index (χ4v) is 3.19. The number of carbonyl (C=O) groups is 2. The van der Waals surface area contributed by atoms with Crippen LogP contribution in [0.3, 0.4) is 0 Å². The number of aliphatic carboxylic acids is 1. The summed E-state index contributed by atoms with van der Waals surface area (Å²) in [6.07, 6.45) is -4.61. The van der Waals surface area contributed by atoms with Crippen molar-refractivity contribution in [3.05, 3.63) is 29.8 Å². The molecule has 1 aliphatic heterocycles. The summed E-state index contributed by atoms with van der Waals surface area (Å²) in [5.41, 5.74) is 0.737. The number of alkyl halides is 3. The highest BCUT2D eigenvalue weighted by Gasteiger charge is 2.52. The Morgan fingerprint density at radius 1 is 1.33 bits per heavy atom. The van der Waals surface area contributed by atoms with Crippen LogP contribution in [-0.2, 0) is 9.59 Å². The molecule has 0 aliphatic carbocycles. The van der Waals surface area contributed by atoms with E-state index in [2.05, 4.69) is 5.32 Å². The van der Waals surface area contributed by atoms with Crippen LogP contribution in [0.1, 0.15) is 18.5 Å². The lowest BCUT2D eigenvalue weighted by molar-refractivity contribution is -0.188. The van der Waals surface area contributed by atoms with Crippen LogP contribution in [0, 0.1) is 11.8 Å². The van der Waals surface area contributed by atoms with E-state index in [0.29, 0.717) is 5.75 Å². The molecule has 27 heavy (non-hydrogen) atoms. The molecule has 0 bridgehead atoms. The van der Waals surface area contributed by atoms with Crippen molar-refractivity contribution >= 4 is 24.3 Å². The quantitative estimate of drug-likeness (QED) is 0.753. The van der Waals surface area contributed by atoms with Crippen LogP contribution in [0.2, 0.25) is 0 Å². The molecular formula is C17H22ClF3N2O4. The molecule has 1 saturated heterocycles. The Morgan fingerprint density at radius 3 is 2.48 bits per heavy atom. The van der Waals surface area contributed by atoms with Crippen LogP contribution in [0.15, 0.2) is 24.3 Å². The second-order valence-electron chi connectivity index (χ2n) is 6.32. The number of carboxylic acids is 1. The molecule has 1 aliphatic rings. The first kappa shape index (κ1) is 23.0. The van der Waals surface area contributed by atoms with E-state index in [9.17, 15) is 22.8 Å². The van der Waals surface area contributed by atoms with Gasteiger partial charge in [-0.2, -0.15) is 13.2 Å². The van der Waals surface area contributed by atoms with Crippen molar-refractivity contribution in [2.75, 3.05) is 26.7 Å². The van der Waals surface area contributed by atoms with E-state index in [-0.39, 0.29) is 25.5 Å². The second kappa shape index (κ2) is 9.27. The third-order valence-electron chi connectivity index (χ3n) is 4.48. The number of carboxylic acid groups (broad SMARTS) is 1. The zero-order chi connectivity index (χ0) is 19.5. The Kier molecular flexibility index (Phi) is 7.91. The molecule has 152 valence electrons. The van der Waals surface area contributed by atoms with Crippen LogP contribution >= 0.6 is 12.4 Å². The summed E-state index contributed by atoms with van der Waals surface area (Å²) in [7, 11) is 1.50. The Hall–Kier alpha value is -2.00. The number of likely N-dealkylation sites (tertiary alicyclic amines) is 1.